The summed E-state index contributed by atoms with van der Waals surface area (Å²) in [6.45, 7) is 7.94. The summed E-state index contributed by atoms with van der Waals surface area (Å²) in [6, 6.07) is 11.5. The largest absolute Gasteiger partial charge is 0.369 e. The Morgan fingerprint density at radius 3 is 2.62 bits per heavy atom. The molecular formula is C19H27N5. The fraction of sp³-hybridized carbons (Fsp3) is 0.526. The molecule has 0 amide bonds. The molecule has 5 heteroatoms. The van der Waals surface area contributed by atoms with Crippen LogP contribution in [0.3, 0.4) is 0 Å². The number of likely N-dealkylation sites (tertiary alicyclic amines) is 1. The van der Waals surface area contributed by atoms with Gasteiger partial charge in [0, 0.05) is 56.8 Å². The van der Waals surface area contributed by atoms with Crippen molar-refractivity contribution in [1.82, 2.24) is 19.8 Å². The van der Waals surface area contributed by atoms with Crippen molar-refractivity contribution in [2.45, 2.75) is 25.4 Å². The molecule has 0 spiro atoms. The molecular weight excluding hydrogens is 298 g/mol. The summed E-state index contributed by atoms with van der Waals surface area (Å²) in [7, 11) is 0. The van der Waals surface area contributed by atoms with Crippen molar-refractivity contribution in [2.24, 2.45) is 0 Å². The second-order valence-corrected chi connectivity index (χ2v) is 6.93. The second kappa shape index (κ2) is 7.36. The van der Waals surface area contributed by atoms with Crippen LogP contribution in [0.25, 0.3) is 0 Å². The van der Waals surface area contributed by atoms with Gasteiger partial charge < -0.3 is 9.88 Å². The van der Waals surface area contributed by atoms with Gasteiger partial charge in [0.15, 0.2) is 0 Å². The molecule has 0 radical (unpaired) electrons. The van der Waals surface area contributed by atoms with Crippen LogP contribution < -0.4 is 4.90 Å². The number of aromatic nitrogens is 2. The van der Waals surface area contributed by atoms with E-state index < -0.39 is 0 Å². The number of rotatable bonds is 4. The molecule has 3 heterocycles. The molecule has 1 aromatic carbocycles. The predicted molar refractivity (Wildman–Crippen MR) is 97.1 cm³/mol. The first-order valence-corrected chi connectivity index (χ1v) is 9.13. The standard InChI is InChI=1S/C19H27N5/c1-2-5-17(6-3-1)23-11-13-24(14-12-23)18-7-4-10-22(15-18)16-19-20-8-9-21-19/h1-3,5-6,8-9,18H,4,7,10-16H2,(H,20,21)/t18-/m1/s1. The average Bonchev–Trinajstić information content (AvgIpc) is 3.16. The highest BCUT2D eigenvalue weighted by molar-refractivity contribution is 5.46. The maximum Gasteiger partial charge on any atom is 0.120 e. The topological polar surface area (TPSA) is 38.4 Å². The fourth-order valence-corrected chi connectivity index (χ4v) is 4.05. The smallest absolute Gasteiger partial charge is 0.120 e. The molecule has 24 heavy (non-hydrogen) atoms. The number of aromatic amines is 1. The van der Waals surface area contributed by atoms with Crippen LogP contribution in [0.4, 0.5) is 5.69 Å². The van der Waals surface area contributed by atoms with Crippen molar-refractivity contribution in [3.05, 3.63) is 48.5 Å². The van der Waals surface area contributed by atoms with Crippen LogP contribution in [0, 0.1) is 0 Å². The molecule has 2 fully saturated rings. The van der Waals surface area contributed by atoms with Crippen molar-refractivity contribution in [1.29, 1.82) is 0 Å². The van der Waals surface area contributed by atoms with Crippen LogP contribution in [0.1, 0.15) is 18.7 Å². The Hall–Kier alpha value is -1.85. The molecule has 2 aromatic rings. The summed E-state index contributed by atoms with van der Waals surface area (Å²) in [5.74, 6) is 1.09. The highest BCUT2D eigenvalue weighted by atomic mass is 15.3. The summed E-state index contributed by atoms with van der Waals surface area (Å²) >= 11 is 0. The Bertz CT molecular complexity index is 604. The van der Waals surface area contributed by atoms with E-state index in [1.54, 1.807) is 0 Å². The Balaban J connectivity index is 1.30. The third-order valence-electron chi connectivity index (χ3n) is 5.36. The van der Waals surface area contributed by atoms with Crippen LogP contribution in [0.5, 0.6) is 0 Å². The number of para-hydroxylation sites is 1. The molecule has 0 bridgehead atoms. The molecule has 128 valence electrons. The zero-order chi connectivity index (χ0) is 16.2. The number of imidazole rings is 1. The quantitative estimate of drug-likeness (QED) is 0.935. The van der Waals surface area contributed by atoms with Gasteiger partial charge in [-0.15, -0.1) is 0 Å². The summed E-state index contributed by atoms with van der Waals surface area (Å²) in [5, 5.41) is 0. The minimum Gasteiger partial charge on any atom is -0.369 e. The predicted octanol–water partition coefficient (Wildman–Crippen LogP) is 2.20. The summed E-state index contributed by atoms with van der Waals surface area (Å²) < 4.78 is 0. The van der Waals surface area contributed by atoms with E-state index in [0.29, 0.717) is 6.04 Å². The number of H-pyrrole nitrogens is 1. The van der Waals surface area contributed by atoms with Crippen molar-refractivity contribution >= 4 is 5.69 Å². The van der Waals surface area contributed by atoms with E-state index in [1.807, 2.05) is 12.4 Å². The minimum atomic E-state index is 0.701. The summed E-state index contributed by atoms with van der Waals surface area (Å²) in [5.41, 5.74) is 1.36. The zero-order valence-electron chi connectivity index (χ0n) is 14.3. The highest BCUT2D eigenvalue weighted by Crippen LogP contribution is 2.21. The van der Waals surface area contributed by atoms with Crippen LogP contribution in [0.2, 0.25) is 0 Å². The Morgan fingerprint density at radius 2 is 1.88 bits per heavy atom. The average molecular weight is 325 g/mol. The van der Waals surface area contributed by atoms with Crippen LogP contribution in [-0.2, 0) is 6.54 Å². The van der Waals surface area contributed by atoms with E-state index in [2.05, 4.69) is 55.0 Å². The number of benzene rings is 1. The van der Waals surface area contributed by atoms with E-state index in [-0.39, 0.29) is 0 Å². The normalized spacial score (nSPS) is 23.5. The minimum absolute atomic E-state index is 0.701. The Kier molecular flexibility index (Phi) is 4.81. The first-order chi connectivity index (χ1) is 11.9. The number of nitrogens with zero attached hydrogens (tertiary/aromatic N) is 4. The third kappa shape index (κ3) is 3.62. The van der Waals surface area contributed by atoms with Gasteiger partial charge in [-0.3, -0.25) is 9.80 Å². The highest BCUT2D eigenvalue weighted by Gasteiger charge is 2.28. The van der Waals surface area contributed by atoms with E-state index in [1.165, 1.54) is 44.7 Å². The molecule has 1 atom stereocenters. The number of nitrogens with one attached hydrogen (secondary N) is 1. The number of piperidine rings is 1. The van der Waals surface area contributed by atoms with Crippen LogP contribution in [0.15, 0.2) is 42.7 Å². The third-order valence-corrected chi connectivity index (χ3v) is 5.36. The molecule has 2 aliphatic heterocycles. The molecule has 2 aliphatic rings. The Labute approximate surface area is 144 Å². The summed E-state index contributed by atoms with van der Waals surface area (Å²) in [6.07, 6.45) is 6.39. The first kappa shape index (κ1) is 15.7. The molecule has 2 saturated heterocycles. The lowest BCUT2D eigenvalue weighted by atomic mass is 10.0. The lowest BCUT2D eigenvalue weighted by Crippen LogP contribution is -2.55. The molecule has 0 saturated carbocycles. The van der Waals surface area contributed by atoms with Gasteiger partial charge in [0.25, 0.3) is 0 Å². The molecule has 4 rings (SSSR count). The number of hydrogen-bond acceptors (Lipinski definition) is 4. The van der Waals surface area contributed by atoms with Gasteiger partial charge in [-0.2, -0.15) is 0 Å². The zero-order valence-corrected chi connectivity index (χ0v) is 14.3. The van der Waals surface area contributed by atoms with Crippen LogP contribution in [-0.4, -0.2) is 65.1 Å². The fourth-order valence-electron chi connectivity index (χ4n) is 4.05. The maximum atomic E-state index is 4.37. The number of hydrogen-bond donors (Lipinski definition) is 1. The van der Waals surface area contributed by atoms with Crippen molar-refractivity contribution in [3.8, 4) is 0 Å². The monoisotopic (exact) mass is 325 g/mol. The summed E-state index contributed by atoms with van der Waals surface area (Å²) in [4.78, 5) is 15.4. The first-order valence-electron chi connectivity index (χ1n) is 9.13. The van der Waals surface area contributed by atoms with E-state index in [0.717, 1.165) is 25.5 Å². The molecule has 5 nitrogen and oxygen atoms in total. The molecule has 0 aliphatic carbocycles. The maximum absolute atomic E-state index is 4.37. The van der Waals surface area contributed by atoms with E-state index in [4.69, 9.17) is 0 Å². The molecule has 0 unspecified atom stereocenters. The number of piperazine rings is 1. The van der Waals surface area contributed by atoms with Gasteiger partial charge in [0.2, 0.25) is 0 Å². The number of anilines is 1. The van der Waals surface area contributed by atoms with Gasteiger partial charge in [-0.05, 0) is 31.5 Å². The lowest BCUT2D eigenvalue weighted by Gasteiger charge is -2.43. The second-order valence-electron chi connectivity index (χ2n) is 6.93. The van der Waals surface area contributed by atoms with Gasteiger partial charge in [0.1, 0.15) is 5.82 Å². The van der Waals surface area contributed by atoms with Crippen LogP contribution >= 0.6 is 0 Å². The Morgan fingerprint density at radius 1 is 1.04 bits per heavy atom. The van der Waals surface area contributed by atoms with Crippen molar-refractivity contribution < 1.29 is 0 Å². The van der Waals surface area contributed by atoms with E-state index >= 15 is 0 Å². The van der Waals surface area contributed by atoms with Gasteiger partial charge in [-0.1, -0.05) is 18.2 Å². The SMILES string of the molecule is c1ccc(N2CCN([C@@H]3CCCN(Cc4ncc[nH]4)C3)CC2)cc1. The van der Waals surface area contributed by atoms with Crippen molar-refractivity contribution in [3.63, 3.8) is 0 Å². The van der Waals surface area contributed by atoms with Gasteiger partial charge in [-0.25, -0.2) is 4.98 Å². The van der Waals surface area contributed by atoms with Gasteiger partial charge >= 0.3 is 0 Å². The van der Waals surface area contributed by atoms with Crippen molar-refractivity contribution in [2.75, 3.05) is 44.2 Å². The van der Waals surface area contributed by atoms with E-state index in [9.17, 15) is 0 Å². The lowest BCUT2D eigenvalue weighted by molar-refractivity contribution is 0.0875. The molecule has 1 N–H and O–H groups in total. The van der Waals surface area contributed by atoms with Gasteiger partial charge in [0.05, 0.1) is 6.54 Å². The molecule has 1 aromatic heterocycles.